The number of amides is 3. The van der Waals surface area contributed by atoms with Gasteiger partial charge in [0.05, 0.1) is 11.6 Å². The summed E-state index contributed by atoms with van der Waals surface area (Å²) in [5, 5.41) is 17.3. The highest BCUT2D eigenvalue weighted by Gasteiger charge is 2.30. The minimum absolute atomic E-state index is 0.0307. The van der Waals surface area contributed by atoms with Gasteiger partial charge < -0.3 is 16.0 Å². The number of carbonyl (C=O) groups excluding carboxylic acids is 2. The fourth-order valence-electron chi connectivity index (χ4n) is 3.46. The maximum atomic E-state index is 13.0. The molecule has 0 radical (unpaired) electrons. The quantitative estimate of drug-likeness (QED) is 0.141. The number of urea groups is 1. The molecule has 2 aromatic rings. The van der Waals surface area contributed by atoms with Gasteiger partial charge in [-0.2, -0.15) is 13.2 Å². The molecular formula is C25H31F3N4O3. The number of hydrogen-bond donors (Lipinski definition) is 5. The van der Waals surface area contributed by atoms with Crippen LogP contribution in [0.1, 0.15) is 51.0 Å². The van der Waals surface area contributed by atoms with Gasteiger partial charge in [-0.3, -0.25) is 10.0 Å². The molecule has 0 unspecified atom stereocenters. The minimum Gasteiger partial charge on any atom is -0.357 e. The normalized spacial score (nSPS) is 12.5. The van der Waals surface area contributed by atoms with Gasteiger partial charge in [0.1, 0.15) is 0 Å². The summed E-state index contributed by atoms with van der Waals surface area (Å²) in [6.07, 6.45) is 0.763. The lowest BCUT2D eigenvalue weighted by Gasteiger charge is -2.24. The van der Waals surface area contributed by atoms with E-state index in [2.05, 4.69) is 16.0 Å². The van der Waals surface area contributed by atoms with Gasteiger partial charge in [0.15, 0.2) is 0 Å². The van der Waals surface area contributed by atoms with Crippen LogP contribution in [0.4, 0.5) is 29.3 Å². The number of hydroxylamine groups is 1. The van der Waals surface area contributed by atoms with Gasteiger partial charge in [0.25, 0.3) is 0 Å². The molecule has 1 atom stereocenters. The Bertz CT molecular complexity index is 981. The zero-order valence-electron chi connectivity index (χ0n) is 19.5. The van der Waals surface area contributed by atoms with Crippen LogP contribution in [0.25, 0.3) is 0 Å². The Morgan fingerprint density at radius 1 is 0.971 bits per heavy atom. The Labute approximate surface area is 202 Å². The molecule has 2 rings (SSSR count). The molecule has 0 aliphatic rings. The molecule has 0 fully saturated rings. The van der Waals surface area contributed by atoms with Crippen LogP contribution in [0.5, 0.6) is 0 Å². The first-order valence-electron chi connectivity index (χ1n) is 11.4. The van der Waals surface area contributed by atoms with Crippen molar-refractivity contribution in [3.05, 3.63) is 71.9 Å². The first-order valence-corrected chi connectivity index (χ1v) is 11.4. The van der Waals surface area contributed by atoms with Crippen molar-refractivity contribution in [2.75, 3.05) is 10.6 Å². The minimum atomic E-state index is -4.51. The molecule has 5 N–H and O–H groups in total. The maximum Gasteiger partial charge on any atom is 0.416 e. The topological polar surface area (TPSA) is 102 Å². The number of para-hydroxylation sites is 1. The molecule has 0 bridgehead atoms. The van der Waals surface area contributed by atoms with E-state index in [4.69, 9.17) is 5.21 Å². The van der Waals surface area contributed by atoms with Crippen molar-refractivity contribution in [3.8, 4) is 0 Å². The summed E-state index contributed by atoms with van der Waals surface area (Å²) < 4.78 is 39.0. The van der Waals surface area contributed by atoms with Gasteiger partial charge in [-0.15, -0.1) is 0 Å². The summed E-state index contributed by atoms with van der Waals surface area (Å²) in [6, 6.07) is 12.8. The molecule has 2 aromatic carbocycles. The average Bonchev–Trinajstić information content (AvgIpc) is 2.83. The number of anilines is 2. The van der Waals surface area contributed by atoms with Crippen molar-refractivity contribution in [3.63, 3.8) is 0 Å². The van der Waals surface area contributed by atoms with Gasteiger partial charge >= 0.3 is 12.2 Å². The van der Waals surface area contributed by atoms with Gasteiger partial charge in [0.2, 0.25) is 5.91 Å². The van der Waals surface area contributed by atoms with Gasteiger partial charge in [-0.05, 0) is 49.6 Å². The number of benzene rings is 2. The van der Waals surface area contributed by atoms with Crippen LogP contribution >= 0.6 is 0 Å². The fraction of sp³-hybridized carbons (Fsp3) is 0.360. The summed E-state index contributed by atoms with van der Waals surface area (Å²) in [5.41, 5.74) is 2.36. The monoisotopic (exact) mass is 492 g/mol. The molecule has 3 amide bonds. The lowest BCUT2D eigenvalue weighted by Crippen LogP contribution is -2.41. The lowest BCUT2D eigenvalue weighted by atomic mass is 10.0. The number of alkyl halides is 3. The van der Waals surface area contributed by atoms with E-state index in [0.29, 0.717) is 32.1 Å². The Balaban J connectivity index is 2.11. The van der Waals surface area contributed by atoms with Crippen molar-refractivity contribution in [2.24, 2.45) is 0 Å². The molecule has 190 valence electrons. The summed E-state index contributed by atoms with van der Waals surface area (Å²) in [6.45, 7) is 1.96. The molecule has 35 heavy (non-hydrogen) atoms. The molecule has 0 heterocycles. The van der Waals surface area contributed by atoms with Crippen molar-refractivity contribution in [1.82, 2.24) is 10.8 Å². The van der Waals surface area contributed by atoms with Crippen LogP contribution in [-0.2, 0) is 11.0 Å². The van der Waals surface area contributed by atoms with E-state index in [1.54, 1.807) is 5.48 Å². The van der Waals surface area contributed by atoms with Crippen molar-refractivity contribution in [2.45, 2.75) is 57.7 Å². The molecule has 0 saturated heterocycles. The van der Waals surface area contributed by atoms with E-state index in [0.717, 1.165) is 23.5 Å². The molecular weight excluding hydrogens is 461 g/mol. The second-order valence-corrected chi connectivity index (χ2v) is 7.92. The molecule has 10 heteroatoms. The van der Waals surface area contributed by atoms with Crippen molar-refractivity contribution in [1.29, 1.82) is 0 Å². The SMILES string of the molecule is CC/C=C(/Nc1ccccc1)[C@H](CCCCCC(=O)NO)NC(=O)Nc1cccc(C(F)(F)F)c1. The molecule has 0 aromatic heterocycles. The molecule has 0 aliphatic carbocycles. The zero-order chi connectivity index (χ0) is 25.7. The third kappa shape index (κ3) is 10.1. The first-order chi connectivity index (χ1) is 16.7. The van der Waals surface area contributed by atoms with E-state index in [1.807, 2.05) is 43.3 Å². The van der Waals surface area contributed by atoms with Crippen LogP contribution < -0.4 is 21.4 Å². The second-order valence-electron chi connectivity index (χ2n) is 7.92. The molecule has 0 spiro atoms. The summed E-state index contributed by atoms with van der Waals surface area (Å²) in [7, 11) is 0. The summed E-state index contributed by atoms with van der Waals surface area (Å²) in [4.78, 5) is 23.9. The third-order valence-corrected chi connectivity index (χ3v) is 5.14. The Morgan fingerprint density at radius 2 is 1.69 bits per heavy atom. The summed E-state index contributed by atoms with van der Waals surface area (Å²) in [5.74, 6) is -0.461. The highest BCUT2D eigenvalue weighted by atomic mass is 19.4. The Hall–Kier alpha value is -3.53. The molecule has 0 saturated carbocycles. The molecule has 0 aliphatic heterocycles. The van der Waals surface area contributed by atoms with Crippen LogP contribution in [0.15, 0.2) is 66.4 Å². The number of unbranched alkanes of at least 4 members (excludes halogenated alkanes) is 2. The van der Waals surface area contributed by atoms with E-state index in [9.17, 15) is 22.8 Å². The third-order valence-electron chi connectivity index (χ3n) is 5.14. The van der Waals surface area contributed by atoms with E-state index < -0.39 is 29.7 Å². The second kappa shape index (κ2) is 14.0. The standard InChI is InChI=1S/C25H31F3N4O3/c1-2-10-21(29-19-12-5-3-6-13-19)22(15-7-4-8-16-23(33)32-35)31-24(34)30-20-14-9-11-18(17-20)25(26,27)28/h3,5-6,9-14,17,22,29,35H,2,4,7-8,15-16H2,1H3,(H,32,33)(H2,30,31,34)/b21-10+/t22-/m0/s1. The van der Waals surface area contributed by atoms with E-state index in [1.165, 1.54) is 12.1 Å². The van der Waals surface area contributed by atoms with Gasteiger partial charge in [0, 0.05) is 23.5 Å². The number of allylic oxidation sites excluding steroid dienone is 1. The lowest BCUT2D eigenvalue weighted by molar-refractivity contribution is -0.137. The maximum absolute atomic E-state index is 13.0. The molecule has 7 nitrogen and oxygen atoms in total. The predicted molar refractivity (Wildman–Crippen MR) is 129 cm³/mol. The number of nitrogens with one attached hydrogen (secondary N) is 4. The number of hydrogen-bond acceptors (Lipinski definition) is 4. The van der Waals surface area contributed by atoms with Crippen LogP contribution in [0, 0.1) is 0 Å². The fourth-order valence-corrected chi connectivity index (χ4v) is 3.46. The van der Waals surface area contributed by atoms with E-state index >= 15 is 0 Å². The van der Waals surface area contributed by atoms with Gasteiger partial charge in [-0.25, -0.2) is 10.3 Å². The Morgan fingerprint density at radius 3 is 2.34 bits per heavy atom. The van der Waals surface area contributed by atoms with Crippen molar-refractivity contribution < 1.29 is 28.0 Å². The van der Waals surface area contributed by atoms with Crippen molar-refractivity contribution >= 4 is 23.3 Å². The first kappa shape index (κ1) is 27.7. The smallest absolute Gasteiger partial charge is 0.357 e. The number of halogens is 3. The highest BCUT2D eigenvalue weighted by molar-refractivity contribution is 5.89. The van der Waals surface area contributed by atoms with E-state index in [-0.39, 0.29) is 12.1 Å². The van der Waals surface area contributed by atoms with Crippen LogP contribution in [-0.4, -0.2) is 23.2 Å². The van der Waals surface area contributed by atoms with Crippen LogP contribution in [0.3, 0.4) is 0 Å². The zero-order valence-corrected chi connectivity index (χ0v) is 19.5. The Kier molecular flexibility index (Phi) is 11.1. The average molecular weight is 493 g/mol. The summed E-state index contributed by atoms with van der Waals surface area (Å²) >= 11 is 0. The largest absolute Gasteiger partial charge is 0.416 e. The number of rotatable bonds is 12. The van der Waals surface area contributed by atoms with Gasteiger partial charge in [-0.1, -0.05) is 50.1 Å². The van der Waals surface area contributed by atoms with Crippen LogP contribution in [0.2, 0.25) is 0 Å². The number of carbonyl (C=O) groups is 2. The predicted octanol–water partition coefficient (Wildman–Crippen LogP) is 6.06. The highest BCUT2D eigenvalue weighted by Crippen LogP contribution is 2.30.